The van der Waals surface area contributed by atoms with Crippen LogP contribution in [0.1, 0.15) is 17.3 Å². The van der Waals surface area contributed by atoms with Gasteiger partial charge >= 0.3 is 0 Å². The van der Waals surface area contributed by atoms with Crippen molar-refractivity contribution in [3.8, 4) is 5.75 Å². The molecule has 0 saturated carbocycles. The molecular weight excluding hydrogens is 424 g/mol. The van der Waals surface area contributed by atoms with Gasteiger partial charge in [-0.05, 0) is 61.5 Å². The van der Waals surface area contributed by atoms with Crippen LogP contribution < -0.4 is 14.4 Å². The molecule has 156 valence electrons. The topological polar surface area (TPSA) is 75.7 Å². The average molecular weight is 445 g/mol. The third-order valence-corrected chi connectivity index (χ3v) is 6.68. The highest BCUT2D eigenvalue weighted by Crippen LogP contribution is 2.27. The summed E-state index contributed by atoms with van der Waals surface area (Å²) in [7, 11) is -2.33. The highest BCUT2D eigenvalue weighted by Gasteiger charge is 2.25. The second kappa shape index (κ2) is 9.19. The summed E-state index contributed by atoms with van der Waals surface area (Å²) in [5.74, 6) is 0.143. The molecule has 1 amide bonds. The number of carbonyl (C=O) groups is 1. The number of nitrogens with one attached hydrogen (secondary N) is 1. The molecule has 0 radical (unpaired) electrons. The van der Waals surface area contributed by atoms with Gasteiger partial charge in [-0.15, -0.1) is 0 Å². The largest absolute Gasteiger partial charge is 0.497 e. The first-order valence-electron chi connectivity index (χ1n) is 9.19. The molecule has 3 aromatic carbocycles. The molecule has 0 aliphatic rings. The summed E-state index contributed by atoms with van der Waals surface area (Å²) in [5, 5.41) is 2.87. The molecule has 3 rings (SSSR count). The van der Waals surface area contributed by atoms with E-state index in [1.165, 1.54) is 22.5 Å². The molecule has 30 heavy (non-hydrogen) atoms. The van der Waals surface area contributed by atoms with Gasteiger partial charge in [0.1, 0.15) is 5.75 Å². The normalized spacial score (nSPS) is 11.0. The molecule has 0 saturated heterocycles. The predicted octanol–water partition coefficient (Wildman–Crippen LogP) is 4.82. The van der Waals surface area contributed by atoms with Gasteiger partial charge in [0.25, 0.3) is 15.9 Å². The predicted molar refractivity (Wildman–Crippen MR) is 119 cm³/mol. The summed E-state index contributed by atoms with van der Waals surface area (Å²) in [5.41, 5.74) is 1.14. The Balaban J connectivity index is 1.92. The zero-order chi connectivity index (χ0) is 21.7. The Morgan fingerprint density at radius 1 is 1.03 bits per heavy atom. The Morgan fingerprint density at radius 3 is 2.30 bits per heavy atom. The number of hydrogen-bond acceptors (Lipinski definition) is 4. The fourth-order valence-corrected chi connectivity index (χ4v) is 4.63. The zero-order valence-corrected chi connectivity index (χ0v) is 18.1. The minimum absolute atomic E-state index is 0.0162. The van der Waals surface area contributed by atoms with E-state index >= 15 is 0 Å². The van der Waals surface area contributed by atoms with Crippen LogP contribution in [0.2, 0.25) is 5.02 Å². The number of halogens is 1. The fraction of sp³-hybridized carbons (Fsp3) is 0.136. The van der Waals surface area contributed by atoms with Crippen molar-refractivity contribution in [2.75, 3.05) is 23.3 Å². The highest BCUT2D eigenvalue weighted by atomic mass is 35.5. The number of nitrogens with zero attached hydrogens (tertiary/aromatic N) is 1. The lowest BCUT2D eigenvalue weighted by Crippen LogP contribution is -2.31. The van der Waals surface area contributed by atoms with Crippen molar-refractivity contribution < 1.29 is 17.9 Å². The molecule has 0 aliphatic carbocycles. The number of anilines is 2. The minimum Gasteiger partial charge on any atom is -0.497 e. The molecule has 0 spiro atoms. The van der Waals surface area contributed by atoms with E-state index < -0.39 is 15.9 Å². The first-order valence-corrected chi connectivity index (χ1v) is 11.0. The molecule has 0 aromatic heterocycles. The van der Waals surface area contributed by atoms with E-state index in [0.717, 1.165) is 0 Å². The van der Waals surface area contributed by atoms with Crippen molar-refractivity contribution in [3.63, 3.8) is 0 Å². The Labute approximate surface area is 181 Å². The number of rotatable bonds is 7. The Bertz CT molecular complexity index is 1130. The van der Waals surface area contributed by atoms with Crippen molar-refractivity contribution in [3.05, 3.63) is 83.4 Å². The summed E-state index contributed by atoms with van der Waals surface area (Å²) in [4.78, 5) is 12.7. The van der Waals surface area contributed by atoms with Crippen LogP contribution in [-0.2, 0) is 10.0 Å². The van der Waals surface area contributed by atoms with Gasteiger partial charge in [0.15, 0.2) is 0 Å². The third-order valence-electron chi connectivity index (χ3n) is 4.45. The van der Waals surface area contributed by atoms with E-state index in [9.17, 15) is 13.2 Å². The number of sulfonamides is 1. The van der Waals surface area contributed by atoms with Crippen LogP contribution in [-0.4, -0.2) is 28.0 Å². The molecule has 0 heterocycles. The number of carbonyl (C=O) groups excluding carboxylic acids is 1. The lowest BCUT2D eigenvalue weighted by atomic mass is 10.2. The van der Waals surface area contributed by atoms with Crippen molar-refractivity contribution in [1.82, 2.24) is 0 Å². The minimum atomic E-state index is -3.88. The first kappa shape index (κ1) is 21.7. The van der Waals surface area contributed by atoms with Crippen molar-refractivity contribution in [2.45, 2.75) is 11.8 Å². The number of hydrogen-bond donors (Lipinski definition) is 1. The van der Waals surface area contributed by atoms with Crippen LogP contribution in [0.4, 0.5) is 11.4 Å². The van der Waals surface area contributed by atoms with Crippen molar-refractivity contribution in [1.29, 1.82) is 0 Å². The van der Waals surface area contributed by atoms with E-state index in [0.29, 0.717) is 17.1 Å². The molecule has 0 atom stereocenters. The standard InChI is InChI=1S/C22H21ClN2O4S/c1-3-25(17-7-5-4-6-8-17)30(27,28)19-13-14-21(23)20(15-19)22(26)24-16-9-11-18(29-2)12-10-16/h4-15H,3H2,1-2H3,(H,24,26). The van der Waals surface area contributed by atoms with Gasteiger partial charge in [-0.2, -0.15) is 0 Å². The van der Waals surface area contributed by atoms with E-state index in [1.54, 1.807) is 62.6 Å². The van der Waals surface area contributed by atoms with E-state index in [4.69, 9.17) is 16.3 Å². The maximum Gasteiger partial charge on any atom is 0.264 e. The van der Waals surface area contributed by atoms with Crippen LogP contribution in [0.15, 0.2) is 77.7 Å². The van der Waals surface area contributed by atoms with E-state index in [2.05, 4.69) is 5.32 Å². The quantitative estimate of drug-likeness (QED) is 0.567. The summed E-state index contributed by atoms with van der Waals surface area (Å²) in [6.07, 6.45) is 0. The van der Waals surface area contributed by atoms with E-state index in [1.807, 2.05) is 6.07 Å². The first-order chi connectivity index (χ1) is 14.4. The fourth-order valence-electron chi connectivity index (χ4n) is 2.92. The smallest absolute Gasteiger partial charge is 0.264 e. The maximum atomic E-state index is 13.2. The molecule has 0 bridgehead atoms. The van der Waals surface area contributed by atoms with Gasteiger partial charge in [0.05, 0.1) is 28.3 Å². The van der Waals surface area contributed by atoms with Gasteiger partial charge in [0.2, 0.25) is 0 Å². The Kier molecular flexibility index (Phi) is 6.64. The lowest BCUT2D eigenvalue weighted by molar-refractivity contribution is 0.102. The van der Waals surface area contributed by atoms with Crippen LogP contribution in [0.3, 0.4) is 0 Å². The maximum absolute atomic E-state index is 13.2. The van der Waals surface area contributed by atoms with Crippen LogP contribution in [0, 0.1) is 0 Å². The summed E-state index contributed by atoms with van der Waals surface area (Å²) >= 11 is 6.20. The van der Waals surface area contributed by atoms with Gasteiger partial charge in [0, 0.05) is 12.2 Å². The molecule has 6 nitrogen and oxygen atoms in total. The summed E-state index contributed by atoms with van der Waals surface area (Å²) in [6, 6.07) is 19.7. The zero-order valence-electron chi connectivity index (χ0n) is 16.5. The SMILES string of the molecule is CCN(c1ccccc1)S(=O)(=O)c1ccc(Cl)c(C(=O)Nc2ccc(OC)cc2)c1. The molecule has 0 unspecified atom stereocenters. The summed E-state index contributed by atoms with van der Waals surface area (Å²) in [6.45, 7) is 1.99. The monoisotopic (exact) mass is 444 g/mol. The Morgan fingerprint density at radius 2 is 1.70 bits per heavy atom. The summed E-state index contributed by atoms with van der Waals surface area (Å²) < 4.78 is 32.8. The van der Waals surface area contributed by atoms with Crippen LogP contribution >= 0.6 is 11.6 Å². The molecule has 3 aromatic rings. The molecule has 1 N–H and O–H groups in total. The second-order valence-corrected chi connectivity index (χ2v) is 8.60. The molecule has 0 fully saturated rings. The van der Waals surface area contributed by atoms with Gasteiger partial charge < -0.3 is 10.1 Å². The molecular formula is C22H21ClN2O4S. The average Bonchev–Trinajstić information content (AvgIpc) is 2.75. The number of para-hydroxylation sites is 1. The third kappa shape index (κ3) is 4.58. The molecule has 8 heteroatoms. The number of methoxy groups -OCH3 is 1. The van der Waals surface area contributed by atoms with Gasteiger partial charge in [-0.1, -0.05) is 29.8 Å². The number of amides is 1. The van der Waals surface area contributed by atoms with Crippen LogP contribution in [0.25, 0.3) is 0 Å². The van der Waals surface area contributed by atoms with Gasteiger partial charge in [-0.25, -0.2) is 8.42 Å². The Hall–Kier alpha value is -3.03. The second-order valence-electron chi connectivity index (χ2n) is 6.33. The van der Waals surface area contributed by atoms with Crippen molar-refractivity contribution in [2.24, 2.45) is 0 Å². The lowest BCUT2D eigenvalue weighted by Gasteiger charge is -2.23. The number of ether oxygens (including phenoxy) is 1. The van der Waals surface area contributed by atoms with E-state index in [-0.39, 0.29) is 22.0 Å². The number of benzene rings is 3. The van der Waals surface area contributed by atoms with Crippen LogP contribution in [0.5, 0.6) is 5.75 Å². The van der Waals surface area contributed by atoms with Crippen molar-refractivity contribution >= 4 is 38.9 Å². The highest BCUT2D eigenvalue weighted by molar-refractivity contribution is 7.92. The molecule has 0 aliphatic heterocycles. The van der Waals surface area contributed by atoms with Gasteiger partial charge in [-0.3, -0.25) is 9.10 Å².